The molecule has 1 aliphatic carbocycles. The molecule has 1 fully saturated rings. The molecule has 0 heterocycles. The molecule has 80 valence electrons. The lowest BCUT2D eigenvalue weighted by atomic mass is 9.79. The third-order valence-electron chi connectivity index (χ3n) is 2.98. The van der Waals surface area contributed by atoms with Gasteiger partial charge in [0.05, 0.1) is 13.0 Å². The first-order valence-corrected chi connectivity index (χ1v) is 4.70. The Bertz CT molecular complexity index is 249. The molecule has 0 aromatic rings. The first-order chi connectivity index (χ1) is 6.53. The monoisotopic (exact) mass is 200 g/mol. The molecule has 2 unspecified atom stereocenters. The van der Waals surface area contributed by atoms with Crippen molar-refractivity contribution in [3.8, 4) is 0 Å². The van der Waals surface area contributed by atoms with Crippen molar-refractivity contribution in [1.29, 1.82) is 0 Å². The van der Waals surface area contributed by atoms with E-state index < -0.39 is 5.60 Å². The quantitative estimate of drug-likeness (QED) is 0.622. The maximum atomic E-state index is 11.6. The highest BCUT2D eigenvalue weighted by molar-refractivity contribution is 5.91. The van der Waals surface area contributed by atoms with E-state index in [9.17, 15) is 9.59 Å². The van der Waals surface area contributed by atoms with Gasteiger partial charge in [0.15, 0.2) is 5.78 Å². The van der Waals surface area contributed by atoms with Gasteiger partial charge in [-0.15, -0.1) is 0 Å². The van der Waals surface area contributed by atoms with Gasteiger partial charge in [-0.25, -0.2) is 0 Å². The summed E-state index contributed by atoms with van der Waals surface area (Å²) in [5, 5.41) is 0. The van der Waals surface area contributed by atoms with E-state index in [1.54, 1.807) is 6.92 Å². The zero-order valence-corrected chi connectivity index (χ0v) is 8.83. The highest BCUT2D eigenvalue weighted by Crippen LogP contribution is 2.31. The zero-order chi connectivity index (χ0) is 10.8. The van der Waals surface area contributed by atoms with Crippen LogP contribution >= 0.6 is 0 Å². The van der Waals surface area contributed by atoms with Crippen molar-refractivity contribution >= 4 is 11.8 Å². The van der Waals surface area contributed by atoms with Gasteiger partial charge < -0.3 is 9.47 Å². The van der Waals surface area contributed by atoms with Crippen LogP contribution in [-0.4, -0.2) is 31.6 Å². The minimum atomic E-state index is -0.704. The van der Waals surface area contributed by atoms with Crippen LogP contribution in [0.3, 0.4) is 0 Å². The van der Waals surface area contributed by atoms with Crippen LogP contribution in [0.25, 0.3) is 0 Å². The number of methoxy groups -OCH3 is 2. The minimum Gasteiger partial charge on any atom is -0.469 e. The molecule has 0 saturated heterocycles. The first-order valence-electron chi connectivity index (χ1n) is 4.70. The second-order valence-corrected chi connectivity index (χ2v) is 3.82. The summed E-state index contributed by atoms with van der Waals surface area (Å²) in [6, 6.07) is 0. The normalized spacial score (nSPS) is 32.8. The van der Waals surface area contributed by atoms with E-state index >= 15 is 0 Å². The van der Waals surface area contributed by atoms with Gasteiger partial charge in [0.25, 0.3) is 0 Å². The molecule has 4 nitrogen and oxygen atoms in total. The summed E-state index contributed by atoms with van der Waals surface area (Å²) >= 11 is 0. The molecule has 2 atom stereocenters. The Balaban J connectivity index is 2.64. The van der Waals surface area contributed by atoms with Crippen molar-refractivity contribution < 1.29 is 19.1 Å². The van der Waals surface area contributed by atoms with Crippen LogP contribution in [0.4, 0.5) is 0 Å². The molecule has 14 heavy (non-hydrogen) atoms. The van der Waals surface area contributed by atoms with Gasteiger partial charge in [-0.3, -0.25) is 9.59 Å². The molecule has 1 rings (SSSR count). The van der Waals surface area contributed by atoms with E-state index in [1.165, 1.54) is 14.2 Å². The van der Waals surface area contributed by atoms with Gasteiger partial charge >= 0.3 is 5.97 Å². The lowest BCUT2D eigenvalue weighted by Gasteiger charge is -2.33. The number of ketones is 1. The average molecular weight is 200 g/mol. The third kappa shape index (κ3) is 1.95. The molecule has 0 spiro atoms. The van der Waals surface area contributed by atoms with Crippen molar-refractivity contribution in [2.45, 2.75) is 31.8 Å². The van der Waals surface area contributed by atoms with Crippen LogP contribution in [0, 0.1) is 5.92 Å². The molecule has 1 aliphatic rings. The Morgan fingerprint density at radius 2 is 2.14 bits per heavy atom. The van der Waals surface area contributed by atoms with E-state index in [4.69, 9.17) is 4.74 Å². The second kappa shape index (κ2) is 4.09. The third-order valence-corrected chi connectivity index (χ3v) is 2.98. The van der Waals surface area contributed by atoms with E-state index in [2.05, 4.69) is 4.74 Å². The van der Waals surface area contributed by atoms with Crippen LogP contribution < -0.4 is 0 Å². The average Bonchev–Trinajstić information content (AvgIpc) is 2.21. The summed E-state index contributed by atoms with van der Waals surface area (Å²) in [6.07, 6.45) is 1.47. The number of Topliss-reactive ketones (excluding diaryl/α,β-unsaturated/α-hetero) is 1. The van der Waals surface area contributed by atoms with Crippen molar-refractivity contribution in [1.82, 2.24) is 0 Å². The molecule has 0 aromatic carbocycles. The number of hydrogen-bond donors (Lipinski definition) is 0. The first kappa shape index (κ1) is 11.2. The van der Waals surface area contributed by atoms with E-state index in [-0.39, 0.29) is 24.1 Å². The second-order valence-electron chi connectivity index (χ2n) is 3.82. The highest BCUT2D eigenvalue weighted by Gasteiger charge is 2.41. The standard InChI is InChI=1S/C10H16O4/c1-10(14-3)5-4-7(6-8(10)11)9(12)13-2/h7H,4-6H2,1-3H3. The Labute approximate surface area is 83.6 Å². The summed E-state index contributed by atoms with van der Waals surface area (Å²) in [4.78, 5) is 22.8. The van der Waals surface area contributed by atoms with Crippen LogP contribution in [0.5, 0.6) is 0 Å². The van der Waals surface area contributed by atoms with Crippen LogP contribution in [0.1, 0.15) is 26.2 Å². The minimum absolute atomic E-state index is 0.0124. The van der Waals surface area contributed by atoms with E-state index in [0.717, 1.165) is 0 Å². The molecule has 0 bridgehead atoms. The van der Waals surface area contributed by atoms with Crippen molar-refractivity contribution in [2.24, 2.45) is 5.92 Å². The molecule has 0 aromatic heterocycles. The summed E-state index contributed by atoms with van der Waals surface area (Å²) < 4.78 is 9.76. The number of carbonyl (C=O) groups excluding carboxylic acids is 2. The van der Waals surface area contributed by atoms with Crippen molar-refractivity contribution in [3.05, 3.63) is 0 Å². The Morgan fingerprint density at radius 3 is 2.57 bits per heavy atom. The van der Waals surface area contributed by atoms with Crippen LogP contribution in [0.15, 0.2) is 0 Å². The van der Waals surface area contributed by atoms with E-state index in [0.29, 0.717) is 12.8 Å². The highest BCUT2D eigenvalue weighted by atomic mass is 16.5. The fourth-order valence-electron chi connectivity index (χ4n) is 1.71. The summed E-state index contributed by atoms with van der Waals surface area (Å²) in [5.74, 6) is -0.589. The summed E-state index contributed by atoms with van der Waals surface area (Å²) in [5.41, 5.74) is -0.704. The zero-order valence-electron chi connectivity index (χ0n) is 8.83. The fourth-order valence-corrected chi connectivity index (χ4v) is 1.71. The van der Waals surface area contributed by atoms with Gasteiger partial charge in [-0.1, -0.05) is 0 Å². The number of ether oxygens (including phenoxy) is 2. The maximum Gasteiger partial charge on any atom is 0.309 e. The number of hydrogen-bond acceptors (Lipinski definition) is 4. The van der Waals surface area contributed by atoms with Gasteiger partial charge in [-0.05, 0) is 19.8 Å². The number of rotatable bonds is 2. The molecule has 1 saturated carbocycles. The molecule has 0 aliphatic heterocycles. The molecule has 0 radical (unpaired) electrons. The fraction of sp³-hybridized carbons (Fsp3) is 0.800. The maximum absolute atomic E-state index is 11.6. The Kier molecular flexibility index (Phi) is 3.26. The van der Waals surface area contributed by atoms with Gasteiger partial charge in [-0.2, -0.15) is 0 Å². The smallest absolute Gasteiger partial charge is 0.309 e. The van der Waals surface area contributed by atoms with Crippen molar-refractivity contribution in [3.63, 3.8) is 0 Å². The molecule has 0 N–H and O–H groups in total. The Morgan fingerprint density at radius 1 is 1.50 bits per heavy atom. The number of carbonyl (C=O) groups is 2. The van der Waals surface area contributed by atoms with Gasteiger partial charge in [0.2, 0.25) is 0 Å². The molecule has 4 heteroatoms. The van der Waals surface area contributed by atoms with E-state index in [1.807, 2.05) is 0 Å². The Hall–Kier alpha value is -0.900. The predicted molar refractivity (Wildman–Crippen MR) is 49.8 cm³/mol. The topological polar surface area (TPSA) is 52.6 Å². The van der Waals surface area contributed by atoms with Gasteiger partial charge in [0, 0.05) is 13.5 Å². The number of esters is 1. The SMILES string of the molecule is COC(=O)C1CCC(C)(OC)C(=O)C1. The molecular formula is C10H16O4. The van der Waals surface area contributed by atoms with Crippen LogP contribution in [0.2, 0.25) is 0 Å². The van der Waals surface area contributed by atoms with Gasteiger partial charge in [0.1, 0.15) is 5.60 Å². The molecular weight excluding hydrogens is 184 g/mol. The lowest BCUT2D eigenvalue weighted by molar-refractivity contribution is -0.156. The summed E-state index contributed by atoms with van der Waals surface area (Å²) in [7, 11) is 2.87. The largest absolute Gasteiger partial charge is 0.469 e. The van der Waals surface area contributed by atoms with Crippen molar-refractivity contribution in [2.75, 3.05) is 14.2 Å². The molecule has 0 amide bonds. The predicted octanol–water partition coefficient (Wildman–Crippen LogP) is 0.934. The lowest BCUT2D eigenvalue weighted by Crippen LogP contribution is -2.44. The summed E-state index contributed by atoms with van der Waals surface area (Å²) in [6.45, 7) is 1.77. The van der Waals surface area contributed by atoms with Crippen LogP contribution in [-0.2, 0) is 19.1 Å².